The number of rotatable bonds is 6. The molecule has 0 N–H and O–H groups in total. The van der Waals surface area contributed by atoms with Crippen molar-refractivity contribution >= 4 is 0 Å². The van der Waals surface area contributed by atoms with Crippen LogP contribution in [0.5, 0.6) is 11.5 Å². The molecule has 23 heavy (non-hydrogen) atoms. The van der Waals surface area contributed by atoms with Crippen LogP contribution in [0.15, 0.2) is 12.1 Å². The summed E-state index contributed by atoms with van der Waals surface area (Å²) in [6.45, 7) is 5.03. The minimum atomic E-state index is 0.267. The van der Waals surface area contributed by atoms with Crippen molar-refractivity contribution in [2.75, 3.05) is 34.1 Å². The third-order valence-corrected chi connectivity index (χ3v) is 5.30. The second-order valence-electron chi connectivity index (χ2n) is 6.70. The van der Waals surface area contributed by atoms with E-state index in [9.17, 15) is 0 Å². The molecule has 1 heterocycles. The van der Waals surface area contributed by atoms with E-state index in [0.29, 0.717) is 6.04 Å². The number of likely N-dealkylation sites (tertiary alicyclic amines) is 1. The van der Waals surface area contributed by atoms with Gasteiger partial charge in [0, 0.05) is 18.7 Å². The third-order valence-electron chi connectivity index (χ3n) is 5.30. The Kier molecular flexibility index (Phi) is 5.44. The summed E-state index contributed by atoms with van der Waals surface area (Å²) < 4.78 is 16.5. The van der Waals surface area contributed by atoms with Crippen molar-refractivity contribution in [1.29, 1.82) is 0 Å². The summed E-state index contributed by atoms with van der Waals surface area (Å²) >= 11 is 0. The number of nitrogens with zero attached hydrogens (tertiary/aromatic N) is 1. The maximum absolute atomic E-state index is 5.87. The van der Waals surface area contributed by atoms with Crippen molar-refractivity contribution in [2.45, 2.75) is 45.1 Å². The fraction of sp³-hybridized carbons (Fsp3) is 0.684. The highest BCUT2D eigenvalue weighted by Gasteiger charge is 2.36. The van der Waals surface area contributed by atoms with Gasteiger partial charge in [-0.2, -0.15) is 0 Å². The first-order chi connectivity index (χ1) is 11.3. The van der Waals surface area contributed by atoms with Gasteiger partial charge in [0.1, 0.15) is 0 Å². The Labute approximate surface area is 139 Å². The molecule has 4 nitrogen and oxygen atoms in total. The summed E-state index contributed by atoms with van der Waals surface area (Å²) in [5, 5.41) is 0. The smallest absolute Gasteiger partial charge is 0.188 e. The topological polar surface area (TPSA) is 30.9 Å². The third kappa shape index (κ3) is 3.33. The van der Waals surface area contributed by atoms with Gasteiger partial charge in [0.15, 0.2) is 18.3 Å². The molecule has 0 saturated carbocycles. The van der Waals surface area contributed by atoms with Gasteiger partial charge in [-0.25, -0.2) is 0 Å². The van der Waals surface area contributed by atoms with Gasteiger partial charge in [0.25, 0.3) is 0 Å². The quantitative estimate of drug-likeness (QED) is 0.753. The molecule has 2 aliphatic rings. The van der Waals surface area contributed by atoms with Crippen molar-refractivity contribution < 1.29 is 14.2 Å². The first-order valence-electron chi connectivity index (χ1n) is 8.83. The lowest BCUT2D eigenvalue weighted by molar-refractivity contribution is 0.0461. The van der Waals surface area contributed by atoms with Crippen LogP contribution in [0.2, 0.25) is 0 Å². The number of piperidine rings is 1. The minimum absolute atomic E-state index is 0.267. The molecule has 4 heteroatoms. The van der Waals surface area contributed by atoms with Gasteiger partial charge in [0.2, 0.25) is 0 Å². The molecule has 0 bridgehead atoms. The van der Waals surface area contributed by atoms with Gasteiger partial charge in [-0.3, -0.25) is 4.90 Å². The molecule has 1 fully saturated rings. The van der Waals surface area contributed by atoms with Gasteiger partial charge in [-0.1, -0.05) is 13.0 Å². The van der Waals surface area contributed by atoms with Crippen molar-refractivity contribution in [3.63, 3.8) is 0 Å². The van der Waals surface area contributed by atoms with Gasteiger partial charge in [0.05, 0.1) is 7.11 Å². The molecule has 0 unspecified atom stereocenters. The summed E-state index contributed by atoms with van der Waals surface area (Å²) in [4.78, 5) is 2.71. The molecule has 1 saturated heterocycles. The molecule has 0 spiro atoms. The number of benzene rings is 1. The Morgan fingerprint density at radius 2 is 2.09 bits per heavy atom. The SMILES string of the molecule is CCCN1CCC[C@@H]2Cc3c(ccc(OC)c3OCOC)C[C@H]21. The highest BCUT2D eigenvalue weighted by Crippen LogP contribution is 2.42. The molecule has 1 aromatic rings. The summed E-state index contributed by atoms with van der Waals surface area (Å²) in [5.74, 6) is 2.44. The van der Waals surface area contributed by atoms with E-state index in [4.69, 9.17) is 14.2 Å². The lowest BCUT2D eigenvalue weighted by Gasteiger charge is -2.45. The first-order valence-corrected chi connectivity index (χ1v) is 8.83. The normalized spacial score (nSPS) is 24.0. The zero-order valence-corrected chi connectivity index (χ0v) is 14.6. The molecule has 0 radical (unpaired) electrons. The van der Waals surface area contributed by atoms with Crippen LogP contribution < -0.4 is 9.47 Å². The fourth-order valence-corrected chi connectivity index (χ4v) is 4.30. The number of methoxy groups -OCH3 is 2. The monoisotopic (exact) mass is 319 g/mol. The van der Waals surface area contributed by atoms with Gasteiger partial charge >= 0.3 is 0 Å². The minimum Gasteiger partial charge on any atom is -0.493 e. The van der Waals surface area contributed by atoms with Crippen LogP contribution in [0.25, 0.3) is 0 Å². The van der Waals surface area contributed by atoms with Crippen LogP contribution in [0.4, 0.5) is 0 Å². The number of ether oxygens (including phenoxy) is 3. The molecule has 2 atom stereocenters. The Hall–Kier alpha value is -1.26. The molecule has 0 aromatic heterocycles. The van der Waals surface area contributed by atoms with E-state index in [1.807, 2.05) is 6.07 Å². The van der Waals surface area contributed by atoms with Crippen molar-refractivity contribution in [3.05, 3.63) is 23.3 Å². The maximum atomic E-state index is 5.87. The zero-order chi connectivity index (χ0) is 16.2. The molecule has 1 aliphatic carbocycles. The van der Waals surface area contributed by atoms with Crippen molar-refractivity contribution in [3.8, 4) is 11.5 Å². The van der Waals surface area contributed by atoms with E-state index >= 15 is 0 Å². The number of hydrogen-bond donors (Lipinski definition) is 0. The lowest BCUT2D eigenvalue weighted by atomic mass is 9.75. The highest BCUT2D eigenvalue weighted by atomic mass is 16.7. The molecular formula is C19H29NO3. The van der Waals surface area contributed by atoms with Crippen molar-refractivity contribution in [1.82, 2.24) is 4.90 Å². The molecular weight excluding hydrogens is 290 g/mol. The molecule has 3 rings (SSSR count). The predicted octanol–water partition coefficient (Wildman–Crippen LogP) is 3.27. The van der Waals surface area contributed by atoms with E-state index in [-0.39, 0.29) is 6.79 Å². The zero-order valence-electron chi connectivity index (χ0n) is 14.6. The summed E-state index contributed by atoms with van der Waals surface area (Å²) in [6.07, 6.45) is 6.10. The Balaban J connectivity index is 1.90. The summed E-state index contributed by atoms with van der Waals surface area (Å²) in [7, 11) is 3.36. The highest BCUT2D eigenvalue weighted by molar-refractivity contribution is 5.52. The predicted molar refractivity (Wildman–Crippen MR) is 91.3 cm³/mol. The largest absolute Gasteiger partial charge is 0.493 e. The lowest BCUT2D eigenvalue weighted by Crippen LogP contribution is -2.49. The second-order valence-corrected chi connectivity index (χ2v) is 6.70. The van der Waals surface area contributed by atoms with Gasteiger partial charge in [-0.15, -0.1) is 0 Å². The first kappa shape index (κ1) is 16.6. The van der Waals surface area contributed by atoms with Crippen LogP contribution in [-0.2, 0) is 17.6 Å². The van der Waals surface area contributed by atoms with E-state index in [1.165, 1.54) is 43.5 Å². The Morgan fingerprint density at radius 3 is 2.83 bits per heavy atom. The van der Waals surface area contributed by atoms with Crippen LogP contribution in [0, 0.1) is 5.92 Å². The second kappa shape index (κ2) is 7.54. The molecule has 128 valence electrons. The van der Waals surface area contributed by atoms with Crippen LogP contribution in [0.3, 0.4) is 0 Å². The maximum Gasteiger partial charge on any atom is 0.188 e. The van der Waals surface area contributed by atoms with E-state index in [2.05, 4.69) is 17.9 Å². The average molecular weight is 319 g/mol. The van der Waals surface area contributed by atoms with Crippen LogP contribution >= 0.6 is 0 Å². The van der Waals surface area contributed by atoms with Gasteiger partial charge in [-0.05, 0) is 62.7 Å². The summed E-state index contributed by atoms with van der Waals surface area (Å²) in [5.41, 5.74) is 2.75. The standard InChI is InChI=1S/C19H29NO3/c1-4-9-20-10-5-6-15-11-16-14(12-17(15)20)7-8-18(22-3)19(16)23-13-21-2/h7-8,15,17H,4-6,9-13H2,1-3H3/t15-,17-/m1/s1. The number of hydrogen-bond acceptors (Lipinski definition) is 4. The molecule has 1 aromatic carbocycles. The van der Waals surface area contributed by atoms with E-state index in [1.54, 1.807) is 14.2 Å². The summed E-state index contributed by atoms with van der Waals surface area (Å²) in [6, 6.07) is 4.96. The van der Waals surface area contributed by atoms with E-state index < -0.39 is 0 Å². The molecule has 0 amide bonds. The van der Waals surface area contributed by atoms with Gasteiger partial charge < -0.3 is 14.2 Å². The fourth-order valence-electron chi connectivity index (χ4n) is 4.30. The number of fused-ring (bicyclic) bond motifs is 2. The Morgan fingerprint density at radius 1 is 1.22 bits per heavy atom. The van der Waals surface area contributed by atoms with E-state index in [0.717, 1.165) is 30.3 Å². The van der Waals surface area contributed by atoms with Crippen LogP contribution in [-0.4, -0.2) is 45.0 Å². The molecule has 1 aliphatic heterocycles. The Bertz CT molecular complexity index is 530. The van der Waals surface area contributed by atoms with Crippen LogP contribution in [0.1, 0.15) is 37.3 Å². The van der Waals surface area contributed by atoms with Crippen molar-refractivity contribution in [2.24, 2.45) is 5.92 Å². The average Bonchev–Trinajstić information content (AvgIpc) is 2.58.